The molecular weight excluding hydrogens is 543 g/mol. The number of nitrogens with one attached hydrogen (secondary N) is 2. The van der Waals surface area contributed by atoms with Gasteiger partial charge >= 0.3 is 24.7 Å². The summed E-state index contributed by atoms with van der Waals surface area (Å²) < 4.78 is 123. The fourth-order valence-corrected chi connectivity index (χ4v) is 3.82. The maximum Gasteiger partial charge on any atom is 0.461 e. The summed E-state index contributed by atoms with van der Waals surface area (Å²) in [6.07, 6.45) is -15.5. The molecule has 0 heterocycles. The highest BCUT2D eigenvalue weighted by molar-refractivity contribution is 5.76. The molecule has 0 aliphatic heterocycles. The van der Waals surface area contributed by atoms with Crippen molar-refractivity contribution in [3.8, 4) is 5.75 Å². The van der Waals surface area contributed by atoms with Crippen LogP contribution in [0.25, 0.3) is 0 Å². The lowest BCUT2D eigenvalue weighted by molar-refractivity contribution is -0.253. The average Bonchev–Trinajstić information content (AvgIpc) is 2.83. The number of urea groups is 1. The van der Waals surface area contributed by atoms with Crippen molar-refractivity contribution in [3.05, 3.63) is 101 Å². The summed E-state index contributed by atoms with van der Waals surface area (Å²) in [5.41, 5.74) is -1.69. The Morgan fingerprint density at radius 1 is 0.821 bits per heavy atom. The number of hydrogen-bond donors (Lipinski definition) is 2. The molecule has 0 aromatic heterocycles. The van der Waals surface area contributed by atoms with E-state index in [1.165, 1.54) is 12.1 Å². The molecule has 210 valence electrons. The Morgan fingerprint density at radius 3 is 2.05 bits per heavy atom. The van der Waals surface area contributed by atoms with Gasteiger partial charge in [0.2, 0.25) is 0 Å². The van der Waals surface area contributed by atoms with Crippen molar-refractivity contribution in [1.29, 1.82) is 0 Å². The van der Waals surface area contributed by atoms with E-state index in [4.69, 9.17) is 0 Å². The average molecular weight is 564 g/mol. The second kappa shape index (κ2) is 11.9. The van der Waals surface area contributed by atoms with Gasteiger partial charge in [-0.3, -0.25) is 0 Å². The van der Waals surface area contributed by atoms with Crippen molar-refractivity contribution in [2.45, 2.75) is 37.1 Å². The van der Waals surface area contributed by atoms with E-state index in [-0.39, 0.29) is 17.5 Å². The van der Waals surface area contributed by atoms with Crippen LogP contribution in [-0.2, 0) is 12.0 Å². The Morgan fingerprint density at radius 2 is 1.46 bits per heavy atom. The Hall–Kier alpha value is -3.90. The van der Waals surface area contributed by atoms with Gasteiger partial charge < -0.3 is 15.4 Å². The zero-order chi connectivity index (χ0) is 28.8. The minimum Gasteiger partial charge on any atom is -0.428 e. The zero-order valence-corrected chi connectivity index (χ0v) is 19.8. The molecule has 3 rings (SSSR count). The van der Waals surface area contributed by atoms with Gasteiger partial charge in [-0.05, 0) is 41.0 Å². The summed E-state index contributed by atoms with van der Waals surface area (Å²) >= 11 is 0. The van der Waals surface area contributed by atoms with Crippen molar-refractivity contribution in [1.82, 2.24) is 10.6 Å². The highest BCUT2D eigenvalue weighted by atomic mass is 19.4. The number of halogens is 9. The van der Waals surface area contributed by atoms with Crippen LogP contribution in [0.1, 0.15) is 23.1 Å². The molecule has 3 aromatic rings. The molecule has 0 aliphatic carbocycles. The number of rotatable bonds is 10. The third-order valence-electron chi connectivity index (χ3n) is 5.54. The number of alkyl halides is 7. The number of carbonyl (C=O) groups excluding carboxylic acids is 1. The molecule has 4 nitrogen and oxygen atoms in total. The number of amides is 2. The normalized spacial score (nSPS) is 13.6. The molecule has 3 aromatic carbocycles. The van der Waals surface area contributed by atoms with Crippen molar-refractivity contribution in [2.75, 3.05) is 6.54 Å². The van der Waals surface area contributed by atoms with Crippen LogP contribution in [0.2, 0.25) is 0 Å². The van der Waals surface area contributed by atoms with Crippen molar-refractivity contribution < 1.29 is 49.0 Å². The monoisotopic (exact) mass is 564 g/mol. The topological polar surface area (TPSA) is 50.4 Å². The van der Waals surface area contributed by atoms with Crippen LogP contribution in [0.4, 0.5) is 44.3 Å². The van der Waals surface area contributed by atoms with Crippen LogP contribution in [0.15, 0.2) is 72.8 Å². The molecule has 39 heavy (non-hydrogen) atoms. The van der Waals surface area contributed by atoms with E-state index in [1.54, 1.807) is 30.3 Å². The Kier molecular flexibility index (Phi) is 9.03. The standard InChI is InChI=1S/C26H21F9N2O2/c27-19-8-6-17(7-9-19)24(15-16-4-2-1-3-5-16,37-23(38)36-11-10-25(31,32)33)18-12-20(28)14-21(13-18)39-26(34,35)22(29)30/h1-9,12-14,22H,10-11,15H2,(H2,36,37,38)/t24-/m1/s1. The molecule has 0 saturated heterocycles. The van der Waals surface area contributed by atoms with Gasteiger partial charge in [0, 0.05) is 19.0 Å². The van der Waals surface area contributed by atoms with Crippen LogP contribution in [0, 0.1) is 11.6 Å². The van der Waals surface area contributed by atoms with Crippen LogP contribution in [-0.4, -0.2) is 31.3 Å². The molecule has 0 aliphatic rings. The lowest BCUT2D eigenvalue weighted by Gasteiger charge is -2.37. The predicted molar refractivity (Wildman–Crippen MR) is 123 cm³/mol. The Labute approximate surface area is 216 Å². The lowest BCUT2D eigenvalue weighted by atomic mass is 9.77. The summed E-state index contributed by atoms with van der Waals surface area (Å²) in [7, 11) is 0. The predicted octanol–water partition coefficient (Wildman–Crippen LogP) is 6.94. The first-order chi connectivity index (χ1) is 18.2. The first-order valence-electron chi connectivity index (χ1n) is 11.3. The van der Waals surface area contributed by atoms with E-state index in [0.29, 0.717) is 11.6 Å². The maximum atomic E-state index is 14.7. The van der Waals surface area contributed by atoms with E-state index < -0.39 is 60.6 Å². The molecule has 0 bridgehead atoms. The molecule has 0 fully saturated rings. The summed E-state index contributed by atoms with van der Waals surface area (Å²) in [5.74, 6) is -2.94. The summed E-state index contributed by atoms with van der Waals surface area (Å²) in [6, 6.07) is 13.2. The number of benzene rings is 3. The van der Waals surface area contributed by atoms with E-state index in [9.17, 15) is 44.3 Å². The molecule has 1 atom stereocenters. The Balaban J connectivity index is 2.17. The largest absolute Gasteiger partial charge is 0.461 e. The quantitative estimate of drug-likeness (QED) is 0.262. The molecule has 0 spiro atoms. The molecule has 0 unspecified atom stereocenters. The van der Waals surface area contributed by atoms with Gasteiger partial charge in [-0.15, -0.1) is 0 Å². The molecule has 0 saturated carbocycles. The zero-order valence-electron chi connectivity index (χ0n) is 19.8. The van der Waals surface area contributed by atoms with Gasteiger partial charge in [0.25, 0.3) is 0 Å². The minimum atomic E-state index is -4.99. The molecule has 2 N–H and O–H groups in total. The van der Waals surface area contributed by atoms with Gasteiger partial charge in [-0.1, -0.05) is 42.5 Å². The third-order valence-corrected chi connectivity index (χ3v) is 5.54. The second-order valence-corrected chi connectivity index (χ2v) is 8.46. The summed E-state index contributed by atoms with van der Waals surface area (Å²) in [6.45, 7) is -0.835. The first kappa shape index (κ1) is 29.7. The lowest BCUT2D eigenvalue weighted by Crippen LogP contribution is -2.52. The van der Waals surface area contributed by atoms with Crippen molar-refractivity contribution >= 4 is 6.03 Å². The minimum absolute atomic E-state index is 0.0656. The fourth-order valence-electron chi connectivity index (χ4n) is 3.82. The van der Waals surface area contributed by atoms with Crippen molar-refractivity contribution in [2.24, 2.45) is 0 Å². The molecule has 13 heteroatoms. The van der Waals surface area contributed by atoms with E-state index in [1.807, 2.05) is 5.32 Å². The van der Waals surface area contributed by atoms with E-state index >= 15 is 0 Å². The number of hydrogen-bond acceptors (Lipinski definition) is 2. The Bertz CT molecular complexity index is 1250. The molecule has 0 radical (unpaired) electrons. The van der Waals surface area contributed by atoms with Gasteiger partial charge in [-0.2, -0.15) is 30.7 Å². The molecular formula is C26H21F9N2O2. The highest BCUT2D eigenvalue weighted by Gasteiger charge is 2.45. The van der Waals surface area contributed by atoms with Crippen LogP contribution < -0.4 is 15.4 Å². The van der Waals surface area contributed by atoms with Crippen LogP contribution in [0.5, 0.6) is 5.75 Å². The highest BCUT2D eigenvalue weighted by Crippen LogP contribution is 2.38. The van der Waals surface area contributed by atoms with Gasteiger partial charge in [0.05, 0.1) is 12.0 Å². The fraction of sp³-hybridized carbons (Fsp3) is 0.269. The van der Waals surface area contributed by atoms with Crippen molar-refractivity contribution in [3.63, 3.8) is 0 Å². The summed E-state index contributed by atoms with van der Waals surface area (Å²) in [5, 5.41) is 4.48. The SMILES string of the molecule is O=C(NCCC(F)(F)F)N[C@](Cc1ccccc1)(c1ccc(F)cc1)c1cc(F)cc(OC(F)(F)C(F)F)c1. The molecule has 2 amide bonds. The smallest absolute Gasteiger partial charge is 0.428 e. The van der Waals surface area contributed by atoms with Gasteiger partial charge in [0.15, 0.2) is 0 Å². The van der Waals surface area contributed by atoms with E-state index in [0.717, 1.165) is 24.3 Å². The first-order valence-corrected chi connectivity index (χ1v) is 11.3. The summed E-state index contributed by atoms with van der Waals surface area (Å²) in [4.78, 5) is 12.8. The second-order valence-electron chi connectivity index (χ2n) is 8.46. The van der Waals surface area contributed by atoms with Crippen LogP contribution in [0.3, 0.4) is 0 Å². The van der Waals surface area contributed by atoms with Gasteiger partial charge in [0.1, 0.15) is 17.4 Å². The number of ether oxygens (including phenoxy) is 1. The maximum absolute atomic E-state index is 14.7. The van der Waals surface area contributed by atoms with E-state index in [2.05, 4.69) is 10.1 Å². The third kappa shape index (κ3) is 8.04. The van der Waals surface area contributed by atoms with Gasteiger partial charge in [-0.25, -0.2) is 13.6 Å². The number of carbonyl (C=O) groups is 1. The van der Waals surface area contributed by atoms with Crippen LogP contribution >= 0.6 is 0 Å².